The molecule has 5 nitrogen and oxygen atoms in total. The largest absolute Gasteiger partial charge is 0.446 e. The molecule has 2 aromatic rings. The van der Waals surface area contributed by atoms with E-state index in [1.807, 2.05) is 0 Å². The van der Waals surface area contributed by atoms with Gasteiger partial charge in [-0.15, -0.1) is 0 Å². The van der Waals surface area contributed by atoms with Crippen molar-refractivity contribution in [2.45, 2.75) is 71.6 Å². The number of hydrogen-bond donors (Lipinski definition) is 0. The first kappa shape index (κ1) is 28.3. The highest BCUT2D eigenvalue weighted by atomic mass is 19.4. The number of amides is 2. The molecule has 2 aromatic carbocycles. The van der Waals surface area contributed by atoms with Crippen LogP contribution < -0.4 is 4.90 Å². The number of aryl methyl sites for hydroxylation is 1. The normalized spacial score (nSPS) is 16.3. The number of alkyl halides is 6. The van der Waals surface area contributed by atoms with Crippen LogP contribution in [0.5, 0.6) is 0 Å². The number of fused-ring (bicyclic) bond motifs is 1. The van der Waals surface area contributed by atoms with Crippen LogP contribution in [0.1, 0.15) is 67.5 Å². The summed E-state index contributed by atoms with van der Waals surface area (Å²) in [4.78, 5) is 28.3. The van der Waals surface area contributed by atoms with Gasteiger partial charge in [0.05, 0.1) is 29.0 Å². The summed E-state index contributed by atoms with van der Waals surface area (Å²) in [5, 5.41) is 0. The van der Waals surface area contributed by atoms with E-state index < -0.39 is 48.1 Å². The Balaban J connectivity index is 2.09. The summed E-state index contributed by atoms with van der Waals surface area (Å²) in [6.07, 6.45) is -10.2. The average Bonchev–Trinajstić information content (AvgIpc) is 2.96. The highest BCUT2D eigenvalue weighted by Gasteiger charge is 2.38. The van der Waals surface area contributed by atoms with Gasteiger partial charge in [-0.25, -0.2) is 4.79 Å². The number of benzene rings is 2. The molecule has 1 aliphatic rings. The highest BCUT2D eigenvalue weighted by molar-refractivity contribution is 5.89. The predicted octanol–water partition coefficient (Wildman–Crippen LogP) is 7.27. The van der Waals surface area contributed by atoms with E-state index in [9.17, 15) is 35.9 Å². The molecule has 1 aliphatic heterocycles. The summed E-state index contributed by atoms with van der Waals surface area (Å²) in [5.41, 5.74) is -1.38. The second-order valence-corrected chi connectivity index (χ2v) is 9.31. The molecule has 2 amide bonds. The molecule has 0 saturated carbocycles. The van der Waals surface area contributed by atoms with Crippen LogP contribution in [0.25, 0.3) is 0 Å². The number of halogens is 6. The molecule has 0 radical (unpaired) electrons. The molecule has 1 atom stereocenters. The van der Waals surface area contributed by atoms with Crippen molar-refractivity contribution in [2.24, 2.45) is 0 Å². The third-order valence-corrected chi connectivity index (χ3v) is 6.12. The quantitative estimate of drug-likeness (QED) is 0.391. The van der Waals surface area contributed by atoms with Crippen LogP contribution in [-0.4, -0.2) is 29.5 Å². The van der Waals surface area contributed by atoms with E-state index in [1.54, 1.807) is 39.0 Å². The monoisotopic (exact) mass is 530 g/mol. The van der Waals surface area contributed by atoms with Crippen LogP contribution in [0, 0.1) is 6.92 Å². The minimum atomic E-state index is -5.00. The molecule has 0 bridgehead atoms. The van der Waals surface area contributed by atoms with Crippen molar-refractivity contribution >= 4 is 17.7 Å². The van der Waals surface area contributed by atoms with Gasteiger partial charge in [0.2, 0.25) is 5.91 Å². The Morgan fingerprint density at radius 3 is 2.16 bits per heavy atom. The number of ether oxygens (including phenoxy) is 1. The van der Waals surface area contributed by atoms with Gasteiger partial charge in [0.25, 0.3) is 0 Å². The number of anilines is 1. The smallest absolute Gasteiger partial charge is 0.416 e. The molecule has 11 heteroatoms. The lowest BCUT2D eigenvalue weighted by atomic mass is 9.94. The van der Waals surface area contributed by atoms with Crippen LogP contribution in [0.3, 0.4) is 0 Å². The molecule has 0 aliphatic carbocycles. The number of carbonyl (C=O) groups is 2. The first-order valence-corrected chi connectivity index (χ1v) is 11.7. The number of rotatable bonds is 4. The highest BCUT2D eigenvalue weighted by Crippen LogP contribution is 2.41. The van der Waals surface area contributed by atoms with Gasteiger partial charge in [-0.05, 0) is 69.0 Å². The first-order valence-electron chi connectivity index (χ1n) is 11.7. The lowest BCUT2D eigenvalue weighted by Gasteiger charge is -2.33. The van der Waals surface area contributed by atoms with Crippen molar-refractivity contribution in [3.8, 4) is 0 Å². The van der Waals surface area contributed by atoms with Gasteiger partial charge in [0.15, 0.2) is 0 Å². The zero-order valence-corrected chi connectivity index (χ0v) is 20.8. The Labute approximate surface area is 211 Å². The molecule has 37 heavy (non-hydrogen) atoms. The van der Waals surface area contributed by atoms with Crippen LogP contribution in [-0.2, 0) is 28.4 Å². The van der Waals surface area contributed by atoms with E-state index in [4.69, 9.17) is 4.74 Å². The Morgan fingerprint density at radius 1 is 1.05 bits per heavy atom. The third-order valence-electron chi connectivity index (χ3n) is 6.12. The summed E-state index contributed by atoms with van der Waals surface area (Å²) >= 11 is 0. The Hall–Kier alpha value is -3.24. The molecular formula is C26H28F6N2O3. The zero-order valence-electron chi connectivity index (χ0n) is 20.8. The van der Waals surface area contributed by atoms with E-state index in [-0.39, 0.29) is 24.3 Å². The van der Waals surface area contributed by atoms with Crippen molar-refractivity contribution < 1.29 is 40.7 Å². The molecule has 0 N–H and O–H groups in total. The molecule has 0 fully saturated rings. The van der Waals surface area contributed by atoms with E-state index in [0.29, 0.717) is 36.2 Å². The van der Waals surface area contributed by atoms with Crippen molar-refractivity contribution in [3.63, 3.8) is 0 Å². The van der Waals surface area contributed by atoms with Gasteiger partial charge in [-0.2, -0.15) is 26.3 Å². The van der Waals surface area contributed by atoms with Gasteiger partial charge in [-0.3, -0.25) is 9.69 Å². The molecule has 202 valence electrons. The fourth-order valence-electron chi connectivity index (χ4n) is 4.56. The summed E-state index contributed by atoms with van der Waals surface area (Å²) in [6, 6.07) is 5.83. The standard InChI is InChI=1S/C26H28F6N2O3/c1-15(2)37-24(36)33-10-6-9-22(23-16(3)7-5-8-21(23)33)34(17(4)35)14-18-11-19(25(27,28)29)13-20(12-18)26(30,31)32/h5,7-8,11-13,15,22H,6,9-10,14H2,1-4H3. The minimum Gasteiger partial charge on any atom is -0.446 e. The van der Waals surface area contributed by atoms with Crippen LogP contribution >= 0.6 is 0 Å². The molecule has 0 spiro atoms. The van der Waals surface area contributed by atoms with E-state index in [0.717, 1.165) is 5.56 Å². The van der Waals surface area contributed by atoms with E-state index in [1.165, 1.54) is 16.7 Å². The molecule has 1 heterocycles. The Morgan fingerprint density at radius 2 is 1.65 bits per heavy atom. The van der Waals surface area contributed by atoms with Crippen molar-refractivity contribution in [1.29, 1.82) is 0 Å². The molecule has 0 aromatic heterocycles. The number of carbonyl (C=O) groups excluding carboxylic acids is 2. The number of hydrogen-bond acceptors (Lipinski definition) is 3. The molecule has 0 saturated heterocycles. The summed E-state index contributed by atoms with van der Waals surface area (Å²) in [6.45, 7) is 6.19. The van der Waals surface area contributed by atoms with Crippen molar-refractivity contribution in [1.82, 2.24) is 4.90 Å². The van der Waals surface area contributed by atoms with Gasteiger partial charge in [0.1, 0.15) is 0 Å². The minimum absolute atomic E-state index is 0.0604. The van der Waals surface area contributed by atoms with Gasteiger partial charge >= 0.3 is 18.4 Å². The summed E-state index contributed by atoms with van der Waals surface area (Å²) in [7, 11) is 0. The second kappa shape index (κ2) is 10.6. The maximum atomic E-state index is 13.4. The van der Waals surface area contributed by atoms with Crippen LogP contribution in [0.2, 0.25) is 0 Å². The van der Waals surface area contributed by atoms with E-state index in [2.05, 4.69) is 0 Å². The fraction of sp³-hybridized carbons (Fsp3) is 0.462. The fourth-order valence-corrected chi connectivity index (χ4v) is 4.56. The van der Waals surface area contributed by atoms with Crippen molar-refractivity contribution in [3.05, 3.63) is 64.2 Å². The maximum Gasteiger partial charge on any atom is 0.416 e. The summed E-state index contributed by atoms with van der Waals surface area (Å²) < 4.78 is 85.8. The lowest BCUT2D eigenvalue weighted by molar-refractivity contribution is -0.143. The predicted molar refractivity (Wildman–Crippen MR) is 125 cm³/mol. The van der Waals surface area contributed by atoms with Crippen LogP contribution in [0.4, 0.5) is 36.8 Å². The van der Waals surface area contributed by atoms with Crippen LogP contribution in [0.15, 0.2) is 36.4 Å². The number of nitrogens with zero attached hydrogens (tertiary/aromatic N) is 2. The maximum absolute atomic E-state index is 13.4. The van der Waals surface area contributed by atoms with E-state index >= 15 is 0 Å². The third kappa shape index (κ3) is 6.56. The topological polar surface area (TPSA) is 49.9 Å². The molecular weight excluding hydrogens is 502 g/mol. The molecule has 3 rings (SSSR count). The molecule has 1 unspecified atom stereocenters. The van der Waals surface area contributed by atoms with Gasteiger partial charge in [-0.1, -0.05) is 12.1 Å². The first-order chi connectivity index (χ1) is 17.1. The van der Waals surface area contributed by atoms with Crippen molar-refractivity contribution in [2.75, 3.05) is 11.4 Å². The van der Waals surface area contributed by atoms with Gasteiger partial charge < -0.3 is 9.64 Å². The Kier molecular flexibility index (Phi) is 8.14. The summed E-state index contributed by atoms with van der Waals surface area (Å²) in [5.74, 6) is -0.525. The lowest BCUT2D eigenvalue weighted by Crippen LogP contribution is -2.35. The Bertz CT molecular complexity index is 1130. The van der Waals surface area contributed by atoms with Gasteiger partial charge in [0, 0.05) is 25.6 Å². The average molecular weight is 531 g/mol. The SMILES string of the molecule is CC(=O)N(Cc1cc(C(F)(F)F)cc(C(F)(F)F)c1)C1CCCN(C(=O)OC(C)C)c2cccc(C)c21. The second-order valence-electron chi connectivity index (χ2n) is 9.31. The zero-order chi connectivity index (χ0) is 27.7.